The molecule has 0 saturated heterocycles. The molecule has 0 aliphatic heterocycles. The van der Waals surface area contributed by atoms with E-state index in [1.165, 1.54) is 24.0 Å². The molecule has 2 bridgehead atoms. The van der Waals surface area contributed by atoms with Gasteiger partial charge in [-0.2, -0.15) is 0 Å². The van der Waals surface area contributed by atoms with Crippen LogP contribution in [0.3, 0.4) is 0 Å². The fraction of sp³-hybridized carbons (Fsp3) is 0.733. The molecule has 2 rings (SSSR count). The zero-order valence-electron chi connectivity index (χ0n) is 10.6. The fourth-order valence-electron chi connectivity index (χ4n) is 4.46. The molecule has 0 N–H and O–H groups in total. The van der Waals surface area contributed by atoms with Crippen LogP contribution < -0.4 is 0 Å². The summed E-state index contributed by atoms with van der Waals surface area (Å²) in [4.78, 5) is 0. The average molecular weight is 204 g/mol. The van der Waals surface area contributed by atoms with E-state index in [0.717, 1.165) is 11.8 Å². The molecule has 2 aliphatic rings. The summed E-state index contributed by atoms with van der Waals surface area (Å²) in [5, 5.41) is 0. The predicted octanol–water partition coefficient (Wildman–Crippen LogP) is 4.44. The van der Waals surface area contributed by atoms with Gasteiger partial charge < -0.3 is 0 Å². The molecule has 0 radical (unpaired) electrons. The lowest BCUT2D eigenvalue weighted by Gasteiger charge is -2.31. The molecular weight excluding hydrogens is 180 g/mol. The third kappa shape index (κ3) is 1.33. The Morgan fingerprint density at radius 2 is 1.27 bits per heavy atom. The van der Waals surface area contributed by atoms with E-state index in [0.29, 0.717) is 17.3 Å². The van der Waals surface area contributed by atoms with Crippen LogP contribution in [0, 0.1) is 29.1 Å². The second-order valence-corrected chi connectivity index (χ2v) is 6.36. The standard InChI is InChI=1S/C15H24/c1-9(2)13-11-7-8-12(15(11,5)6)14(13)10(3)4/h11-14H,1,3,7-8H2,2,4-6H3. The van der Waals surface area contributed by atoms with Gasteiger partial charge in [-0.1, -0.05) is 38.2 Å². The first-order valence-corrected chi connectivity index (χ1v) is 6.18. The molecule has 4 unspecified atom stereocenters. The minimum atomic E-state index is 0.507. The van der Waals surface area contributed by atoms with Crippen molar-refractivity contribution in [3.8, 4) is 0 Å². The van der Waals surface area contributed by atoms with Gasteiger partial charge in [-0.25, -0.2) is 0 Å². The summed E-state index contributed by atoms with van der Waals surface area (Å²) in [5.41, 5.74) is 3.26. The van der Waals surface area contributed by atoms with Crippen molar-refractivity contribution in [3.63, 3.8) is 0 Å². The first-order chi connectivity index (χ1) is 6.87. The Kier molecular flexibility index (Phi) is 2.37. The second kappa shape index (κ2) is 3.23. The summed E-state index contributed by atoms with van der Waals surface area (Å²) in [6, 6.07) is 0. The van der Waals surface area contributed by atoms with Gasteiger partial charge in [0.2, 0.25) is 0 Å². The van der Waals surface area contributed by atoms with Crippen LogP contribution in [0.25, 0.3) is 0 Å². The molecule has 0 heterocycles. The molecule has 0 aromatic heterocycles. The lowest BCUT2D eigenvalue weighted by Crippen LogP contribution is -2.23. The van der Waals surface area contributed by atoms with E-state index in [2.05, 4.69) is 40.9 Å². The highest BCUT2D eigenvalue weighted by Crippen LogP contribution is 2.65. The molecular formula is C15H24. The van der Waals surface area contributed by atoms with Gasteiger partial charge in [0.05, 0.1) is 0 Å². The molecule has 4 atom stereocenters. The van der Waals surface area contributed by atoms with Crippen molar-refractivity contribution in [2.75, 3.05) is 0 Å². The molecule has 0 spiro atoms. The number of hydrogen-bond acceptors (Lipinski definition) is 0. The summed E-state index contributed by atoms with van der Waals surface area (Å²) in [6.45, 7) is 17.7. The van der Waals surface area contributed by atoms with Crippen LogP contribution in [0.2, 0.25) is 0 Å². The molecule has 15 heavy (non-hydrogen) atoms. The van der Waals surface area contributed by atoms with Crippen LogP contribution in [0.4, 0.5) is 0 Å². The Labute approximate surface area is 94.5 Å². The van der Waals surface area contributed by atoms with Crippen molar-refractivity contribution in [2.45, 2.75) is 40.5 Å². The molecule has 0 heteroatoms. The highest BCUT2D eigenvalue weighted by Gasteiger charge is 2.58. The van der Waals surface area contributed by atoms with Crippen molar-refractivity contribution in [1.82, 2.24) is 0 Å². The maximum atomic E-state index is 4.21. The van der Waals surface area contributed by atoms with E-state index in [9.17, 15) is 0 Å². The van der Waals surface area contributed by atoms with E-state index in [1.54, 1.807) is 0 Å². The second-order valence-electron chi connectivity index (χ2n) is 6.36. The first-order valence-electron chi connectivity index (χ1n) is 6.18. The van der Waals surface area contributed by atoms with Gasteiger partial charge in [0.25, 0.3) is 0 Å². The zero-order valence-corrected chi connectivity index (χ0v) is 10.6. The topological polar surface area (TPSA) is 0 Å². The summed E-state index contributed by atoms with van der Waals surface area (Å²) in [5.74, 6) is 3.11. The van der Waals surface area contributed by atoms with Crippen LogP contribution >= 0.6 is 0 Å². The van der Waals surface area contributed by atoms with E-state index >= 15 is 0 Å². The van der Waals surface area contributed by atoms with Crippen LogP contribution in [0.15, 0.2) is 24.3 Å². The number of hydrogen-bond donors (Lipinski definition) is 0. The Hall–Kier alpha value is -0.520. The van der Waals surface area contributed by atoms with Crippen LogP contribution in [-0.2, 0) is 0 Å². The lowest BCUT2D eigenvalue weighted by atomic mass is 9.73. The lowest BCUT2D eigenvalue weighted by molar-refractivity contribution is 0.243. The third-order valence-electron chi connectivity index (χ3n) is 5.09. The minimum Gasteiger partial charge on any atom is -0.0998 e. The molecule has 2 aliphatic carbocycles. The number of allylic oxidation sites excluding steroid dienone is 2. The summed E-state index contributed by atoms with van der Waals surface area (Å²) in [6.07, 6.45) is 2.80. The minimum absolute atomic E-state index is 0.507. The van der Waals surface area contributed by atoms with E-state index in [-0.39, 0.29) is 0 Å². The molecule has 2 fully saturated rings. The number of fused-ring (bicyclic) bond motifs is 2. The third-order valence-corrected chi connectivity index (χ3v) is 5.09. The van der Waals surface area contributed by atoms with Gasteiger partial charge in [0.15, 0.2) is 0 Å². The molecule has 0 amide bonds. The summed E-state index contributed by atoms with van der Waals surface area (Å²) < 4.78 is 0. The summed E-state index contributed by atoms with van der Waals surface area (Å²) in [7, 11) is 0. The molecule has 0 aromatic carbocycles. The van der Waals surface area contributed by atoms with Gasteiger partial charge in [-0.15, -0.1) is 0 Å². The predicted molar refractivity (Wildman–Crippen MR) is 66.6 cm³/mol. The first kappa shape index (κ1) is 11.0. The van der Waals surface area contributed by atoms with Crippen molar-refractivity contribution >= 4 is 0 Å². The average Bonchev–Trinajstić information content (AvgIpc) is 2.52. The SMILES string of the molecule is C=C(C)C1C(C(=C)C)C2CCC1C2(C)C. The van der Waals surface area contributed by atoms with Crippen LogP contribution in [0.5, 0.6) is 0 Å². The van der Waals surface area contributed by atoms with Crippen molar-refractivity contribution in [3.05, 3.63) is 24.3 Å². The highest BCUT2D eigenvalue weighted by molar-refractivity contribution is 5.22. The molecule has 2 saturated carbocycles. The Morgan fingerprint density at radius 1 is 0.933 bits per heavy atom. The molecule has 0 aromatic rings. The van der Waals surface area contributed by atoms with E-state index < -0.39 is 0 Å². The Morgan fingerprint density at radius 3 is 1.53 bits per heavy atom. The maximum absolute atomic E-state index is 4.21. The van der Waals surface area contributed by atoms with E-state index in [1.807, 2.05) is 0 Å². The quantitative estimate of drug-likeness (QED) is 0.583. The van der Waals surface area contributed by atoms with Gasteiger partial charge in [-0.3, -0.25) is 0 Å². The van der Waals surface area contributed by atoms with E-state index in [4.69, 9.17) is 0 Å². The van der Waals surface area contributed by atoms with Crippen molar-refractivity contribution in [1.29, 1.82) is 0 Å². The maximum Gasteiger partial charge on any atom is -0.0107 e. The van der Waals surface area contributed by atoms with Crippen molar-refractivity contribution in [2.24, 2.45) is 29.1 Å². The fourth-order valence-corrected chi connectivity index (χ4v) is 4.46. The van der Waals surface area contributed by atoms with Gasteiger partial charge in [0, 0.05) is 0 Å². The highest BCUT2D eigenvalue weighted by atomic mass is 14.6. The van der Waals surface area contributed by atoms with Gasteiger partial charge in [0.1, 0.15) is 0 Å². The molecule has 84 valence electrons. The van der Waals surface area contributed by atoms with Crippen LogP contribution in [-0.4, -0.2) is 0 Å². The van der Waals surface area contributed by atoms with Gasteiger partial charge >= 0.3 is 0 Å². The van der Waals surface area contributed by atoms with Gasteiger partial charge in [-0.05, 0) is 55.8 Å². The Balaban J connectivity index is 2.40. The van der Waals surface area contributed by atoms with Crippen molar-refractivity contribution < 1.29 is 0 Å². The summed E-state index contributed by atoms with van der Waals surface area (Å²) >= 11 is 0. The molecule has 0 nitrogen and oxygen atoms in total. The largest absolute Gasteiger partial charge is 0.0998 e. The smallest absolute Gasteiger partial charge is 0.0107 e. The zero-order chi connectivity index (χ0) is 11.4. The monoisotopic (exact) mass is 204 g/mol. The van der Waals surface area contributed by atoms with Crippen LogP contribution in [0.1, 0.15) is 40.5 Å². The Bertz CT molecular complexity index is 278. The normalized spacial score (nSPS) is 41.9. The number of rotatable bonds is 2.